The van der Waals surface area contributed by atoms with Gasteiger partial charge in [-0.25, -0.2) is 10.6 Å². The van der Waals surface area contributed by atoms with Crippen molar-refractivity contribution in [2.75, 3.05) is 85.8 Å². The maximum absolute atomic E-state index is 13.4. The Bertz CT molecular complexity index is 1660. The molecule has 0 fully saturated rings. The zero-order valence-corrected chi connectivity index (χ0v) is 31.0. The molecular weight excluding hydrogens is 736 g/mol. The van der Waals surface area contributed by atoms with E-state index in [9.17, 15) is 30.3 Å². The van der Waals surface area contributed by atoms with Crippen molar-refractivity contribution in [3.8, 4) is 34.5 Å². The van der Waals surface area contributed by atoms with Crippen LogP contribution in [0.1, 0.15) is 40.1 Å². The minimum Gasteiger partial charge on any atom is -0.508 e. The summed E-state index contributed by atoms with van der Waals surface area (Å²) in [5.41, 5.74) is 12.3. The number of fused-ring (bicyclic) bond motifs is 1. The molecule has 0 bridgehead atoms. The van der Waals surface area contributed by atoms with Crippen LogP contribution in [0.4, 0.5) is 0 Å². The second-order valence-corrected chi connectivity index (χ2v) is 12.4. The van der Waals surface area contributed by atoms with Gasteiger partial charge in [0.1, 0.15) is 23.4 Å². The van der Waals surface area contributed by atoms with Crippen molar-refractivity contribution in [2.45, 2.75) is 24.7 Å². The molecule has 1 aliphatic rings. The third-order valence-electron chi connectivity index (χ3n) is 8.18. The van der Waals surface area contributed by atoms with E-state index in [2.05, 4.69) is 0 Å². The summed E-state index contributed by atoms with van der Waals surface area (Å²) in [4.78, 5) is 13.4. The highest BCUT2D eigenvalue weighted by Gasteiger charge is 2.45. The van der Waals surface area contributed by atoms with Gasteiger partial charge in [0.2, 0.25) is 0 Å². The van der Waals surface area contributed by atoms with Gasteiger partial charge in [0, 0.05) is 42.6 Å². The third kappa shape index (κ3) is 13.6. The number of carbonyl (C=O) groups excluding carboxylic acids is 1. The summed E-state index contributed by atoms with van der Waals surface area (Å²) >= 11 is 0. The first-order valence-corrected chi connectivity index (χ1v) is 18.0. The maximum Gasteiger partial charge on any atom is 0.338 e. The predicted molar refractivity (Wildman–Crippen MR) is 200 cm³/mol. The van der Waals surface area contributed by atoms with Gasteiger partial charge in [0.05, 0.1) is 90.3 Å². The topological polar surface area (TPSA) is 273 Å². The average molecular weight is 789 g/mol. The number of nitrogens with two attached hydrogens (primary N) is 3. The van der Waals surface area contributed by atoms with E-state index in [4.69, 9.17) is 55.2 Å². The monoisotopic (exact) mass is 788 g/mol. The Hall–Kier alpha value is -5.05. The molecule has 18 nitrogen and oxygen atoms in total. The van der Waals surface area contributed by atoms with Crippen LogP contribution in [0.5, 0.6) is 34.5 Å². The van der Waals surface area contributed by atoms with Crippen molar-refractivity contribution in [2.24, 2.45) is 17.3 Å². The van der Waals surface area contributed by atoms with Crippen LogP contribution >= 0.6 is 0 Å². The van der Waals surface area contributed by atoms with Crippen molar-refractivity contribution in [1.29, 1.82) is 0 Å². The van der Waals surface area contributed by atoms with Crippen molar-refractivity contribution >= 4 is 5.97 Å². The van der Waals surface area contributed by atoms with Crippen LogP contribution in [0.2, 0.25) is 0 Å². The Kier molecular flexibility index (Phi) is 18.0. The molecule has 3 atom stereocenters. The summed E-state index contributed by atoms with van der Waals surface area (Å²) < 4.78 is 45.4. The lowest BCUT2D eigenvalue weighted by Crippen LogP contribution is -2.40. The molecule has 4 rings (SSSR count). The van der Waals surface area contributed by atoms with Crippen LogP contribution in [0.15, 0.2) is 66.5 Å². The highest BCUT2D eigenvalue weighted by molar-refractivity contribution is 5.89. The van der Waals surface area contributed by atoms with E-state index in [0.29, 0.717) is 84.7 Å². The number of hydrogen-bond donors (Lipinski definition) is 8. The zero-order chi connectivity index (χ0) is 40.3. The molecular formula is C38H52N4O14. The molecule has 3 unspecified atom stereocenters. The second-order valence-electron chi connectivity index (χ2n) is 12.4. The molecule has 56 heavy (non-hydrogen) atoms. The van der Waals surface area contributed by atoms with Crippen LogP contribution in [0, 0.1) is 0 Å². The van der Waals surface area contributed by atoms with Crippen LogP contribution < -0.4 is 22.0 Å². The molecule has 0 saturated carbocycles. The molecule has 0 amide bonds. The van der Waals surface area contributed by atoms with E-state index in [1.165, 1.54) is 17.3 Å². The van der Waals surface area contributed by atoms with Crippen molar-refractivity contribution in [1.82, 2.24) is 5.01 Å². The first-order chi connectivity index (χ1) is 27.1. The number of rotatable bonds is 25. The number of carbonyl (C=O) groups is 1. The van der Waals surface area contributed by atoms with Gasteiger partial charge in [0.25, 0.3) is 0 Å². The van der Waals surface area contributed by atoms with Crippen LogP contribution in [-0.4, -0.2) is 128 Å². The van der Waals surface area contributed by atoms with Gasteiger partial charge in [-0.05, 0) is 24.3 Å². The van der Waals surface area contributed by atoms with Crippen molar-refractivity contribution in [3.05, 3.63) is 83.2 Å². The Balaban J connectivity index is 1.29. The second kappa shape index (κ2) is 23.1. The van der Waals surface area contributed by atoms with Gasteiger partial charge >= 0.3 is 5.97 Å². The standard InChI is InChI=1S/C38H52N4O14/c39-7-10-50-13-15-52-17-19-53-18-16-51-14-12-49-9-6-27(40)24-42(41)8-11-54-36-33-29(44)22-28(43)23-32(33)55-35(26-20-30(45)34(47)31(46)21-26)37(36)56-38(48)25-4-2-1-3-5-25/h1-5,20-24,35-37,43-47H,6-19,39-41H2/b27-24-. The molecule has 11 N–H and O–H groups in total. The van der Waals surface area contributed by atoms with Crippen molar-refractivity contribution < 1.29 is 68.2 Å². The minimum absolute atomic E-state index is 0.0220. The van der Waals surface area contributed by atoms with Gasteiger partial charge in [0.15, 0.2) is 29.5 Å². The Morgan fingerprint density at radius 2 is 1.32 bits per heavy atom. The van der Waals surface area contributed by atoms with Gasteiger partial charge in [-0.15, -0.1) is 0 Å². The van der Waals surface area contributed by atoms with E-state index in [-0.39, 0.29) is 41.3 Å². The smallest absolute Gasteiger partial charge is 0.338 e. The van der Waals surface area contributed by atoms with E-state index in [0.717, 1.165) is 18.2 Å². The summed E-state index contributed by atoms with van der Waals surface area (Å²) in [5.74, 6) is 2.57. The normalized spacial score (nSPS) is 16.6. The highest BCUT2D eigenvalue weighted by atomic mass is 16.6. The van der Waals surface area contributed by atoms with E-state index in [1.807, 2.05) is 0 Å². The molecule has 0 aromatic heterocycles. The fraction of sp³-hybridized carbons (Fsp3) is 0.447. The van der Waals surface area contributed by atoms with E-state index >= 15 is 0 Å². The Morgan fingerprint density at radius 1 is 0.750 bits per heavy atom. The maximum atomic E-state index is 13.4. The largest absolute Gasteiger partial charge is 0.508 e. The lowest BCUT2D eigenvalue weighted by atomic mass is 9.90. The van der Waals surface area contributed by atoms with E-state index in [1.54, 1.807) is 30.3 Å². The zero-order valence-electron chi connectivity index (χ0n) is 31.0. The van der Waals surface area contributed by atoms with E-state index < -0.39 is 47.3 Å². The Labute approximate surface area is 324 Å². The number of hydrogen-bond acceptors (Lipinski definition) is 18. The van der Waals surface area contributed by atoms with Crippen LogP contribution in [0.25, 0.3) is 0 Å². The molecule has 3 aromatic carbocycles. The number of benzene rings is 3. The molecule has 3 aromatic rings. The number of hydrazine groups is 1. The highest BCUT2D eigenvalue weighted by Crippen LogP contribution is 2.51. The first-order valence-electron chi connectivity index (χ1n) is 18.0. The molecule has 1 heterocycles. The lowest BCUT2D eigenvalue weighted by molar-refractivity contribution is -0.112. The molecule has 0 aliphatic carbocycles. The van der Waals surface area contributed by atoms with Gasteiger partial charge in [-0.3, -0.25) is 0 Å². The van der Waals surface area contributed by atoms with Crippen LogP contribution in [0.3, 0.4) is 0 Å². The fourth-order valence-corrected chi connectivity index (χ4v) is 5.51. The molecule has 0 radical (unpaired) electrons. The number of ether oxygens (including phenoxy) is 8. The SMILES string of the molecule is NCCOCCOCCOCCOCCOCC/C(N)=C/N(N)CCOC1c2c(O)cc(O)cc2OC(c2cc(O)c(O)c(O)c2)C1OC(=O)c1ccccc1. The summed E-state index contributed by atoms with van der Waals surface area (Å²) in [5, 5.41) is 53.1. The predicted octanol–water partition coefficient (Wildman–Crippen LogP) is 2.04. The minimum atomic E-state index is -1.34. The van der Waals surface area contributed by atoms with Crippen molar-refractivity contribution in [3.63, 3.8) is 0 Å². The summed E-state index contributed by atoms with van der Waals surface area (Å²) in [6, 6.07) is 12.7. The molecule has 0 spiro atoms. The number of aromatic hydroxyl groups is 5. The number of phenols is 5. The fourth-order valence-electron chi connectivity index (χ4n) is 5.51. The molecule has 18 heteroatoms. The molecule has 308 valence electrons. The first kappa shape index (κ1) is 43.7. The van der Waals surface area contributed by atoms with Gasteiger partial charge < -0.3 is 79.9 Å². The average Bonchev–Trinajstić information content (AvgIpc) is 3.17. The van der Waals surface area contributed by atoms with Crippen LogP contribution in [-0.2, 0) is 33.2 Å². The summed E-state index contributed by atoms with van der Waals surface area (Å²) in [7, 11) is 0. The lowest BCUT2D eigenvalue weighted by Gasteiger charge is -2.39. The summed E-state index contributed by atoms with van der Waals surface area (Å²) in [6.45, 7) is 4.81. The Morgan fingerprint density at radius 3 is 1.91 bits per heavy atom. The number of nitrogens with zero attached hydrogens (tertiary/aromatic N) is 1. The third-order valence-corrected chi connectivity index (χ3v) is 8.18. The number of esters is 1. The number of phenolic OH excluding ortho intramolecular Hbond substituents is 5. The summed E-state index contributed by atoms with van der Waals surface area (Å²) in [6.07, 6.45) is -1.94. The molecule has 0 saturated heterocycles. The van der Waals surface area contributed by atoms with Gasteiger partial charge in [-0.2, -0.15) is 0 Å². The molecule has 1 aliphatic heterocycles. The van der Waals surface area contributed by atoms with Gasteiger partial charge in [-0.1, -0.05) is 18.2 Å². The quantitative estimate of drug-likeness (QED) is 0.0201.